The zero-order chi connectivity index (χ0) is 23.3. The Kier molecular flexibility index (Phi) is 6.16. The Bertz CT molecular complexity index is 1420. The van der Waals surface area contributed by atoms with Gasteiger partial charge in [-0.1, -0.05) is 30.3 Å². The average Bonchev–Trinajstić information content (AvgIpc) is 3.49. The molecule has 5 aromatic rings. The first-order chi connectivity index (χ1) is 16.7. The van der Waals surface area contributed by atoms with Gasteiger partial charge in [-0.2, -0.15) is 5.10 Å². The van der Waals surface area contributed by atoms with Crippen molar-refractivity contribution in [1.82, 2.24) is 14.8 Å². The van der Waals surface area contributed by atoms with Gasteiger partial charge < -0.3 is 19.1 Å². The lowest BCUT2D eigenvalue weighted by Crippen LogP contribution is -2.08. The molecule has 0 saturated carbocycles. The van der Waals surface area contributed by atoms with Crippen molar-refractivity contribution in [2.45, 2.75) is 19.4 Å². The Morgan fingerprint density at radius 2 is 1.65 bits per heavy atom. The number of aromatic amines is 1. The van der Waals surface area contributed by atoms with Crippen molar-refractivity contribution in [3.63, 3.8) is 0 Å². The predicted molar refractivity (Wildman–Crippen MR) is 131 cm³/mol. The first-order valence-electron chi connectivity index (χ1n) is 11.3. The zero-order valence-electron chi connectivity index (χ0n) is 18.6. The number of aromatic nitrogens is 3. The van der Waals surface area contributed by atoms with Gasteiger partial charge in [0.15, 0.2) is 0 Å². The number of hydrogen-bond acceptors (Lipinski definition) is 4. The molecule has 0 bridgehead atoms. The Morgan fingerprint density at radius 1 is 0.882 bits per heavy atom. The molecule has 0 aliphatic rings. The fraction of sp³-hybridized carbons (Fsp3) is 0.185. The molecule has 2 N–H and O–H groups in total. The molecule has 0 amide bonds. The predicted octanol–water partition coefficient (Wildman–Crippen LogP) is 5.51. The van der Waals surface area contributed by atoms with Crippen molar-refractivity contribution < 1.29 is 19.4 Å². The molecule has 3 aromatic carbocycles. The summed E-state index contributed by atoms with van der Waals surface area (Å²) in [5.41, 5.74) is 3.59. The summed E-state index contributed by atoms with van der Waals surface area (Å²) in [6.07, 6.45) is 3.47. The number of aliphatic carboxylic acids is 1. The van der Waals surface area contributed by atoms with Crippen molar-refractivity contribution in [2.75, 3.05) is 13.2 Å². The standard InChI is InChI=1S/C27H25N3O4/c31-27(32)18-30-24-9-3-1-7-20(24)21-12-11-19(17-25(21)30)33-15-5-6-16-34-26-10-4-2-8-22(26)23-13-14-28-29-23/h1-4,7-14,17H,5-6,15-16,18H2,(H,28,29)(H,31,32). The third kappa shape index (κ3) is 4.45. The van der Waals surface area contributed by atoms with Crippen LogP contribution < -0.4 is 9.47 Å². The van der Waals surface area contributed by atoms with E-state index in [4.69, 9.17) is 9.47 Å². The second-order valence-corrected chi connectivity index (χ2v) is 8.04. The van der Waals surface area contributed by atoms with E-state index < -0.39 is 5.97 Å². The monoisotopic (exact) mass is 455 g/mol. The number of ether oxygens (including phenoxy) is 2. The van der Waals surface area contributed by atoms with Crippen LogP contribution in [-0.4, -0.2) is 39.1 Å². The van der Waals surface area contributed by atoms with Gasteiger partial charge in [0, 0.05) is 34.1 Å². The number of carboxylic acid groups (broad SMARTS) is 1. The lowest BCUT2D eigenvalue weighted by Gasteiger charge is -2.11. The maximum absolute atomic E-state index is 11.4. The topological polar surface area (TPSA) is 89.4 Å². The molecule has 0 spiro atoms. The molecule has 0 radical (unpaired) electrons. The smallest absolute Gasteiger partial charge is 0.323 e. The Balaban J connectivity index is 1.20. The number of benzene rings is 3. The van der Waals surface area contributed by atoms with Crippen LogP contribution in [0.5, 0.6) is 11.5 Å². The summed E-state index contributed by atoms with van der Waals surface area (Å²) >= 11 is 0. The minimum Gasteiger partial charge on any atom is -0.494 e. The molecule has 0 aliphatic carbocycles. The van der Waals surface area contributed by atoms with Gasteiger partial charge in [0.2, 0.25) is 0 Å². The molecular weight excluding hydrogens is 430 g/mol. The zero-order valence-corrected chi connectivity index (χ0v) is 18.6. The van der Waals surface area contributed by atoms with E-state index in [1.54, 1.807) is 6.20 Å². The van der Waals surface area contributed by atoms with Crippen molar-refractivity contribution in [3.8, 4) is 22.8 Å². The van der Waals surface area contributed by atoms with Gasteiger partial charge in [0.05, 0.1) is 24.4 Å². The second-order valence-electron chi connectivity index (χ2n) is 8.04. The quantitative estimate of drug-likeness (QED) is 0.271. The van der Waals surface area contributed by atoms with E-state index in [1.807, 2.05) is 77.4 Å². The van der Waals surface area contributed by atoms with Gasteiger partial charge in [-0.15, -0.1) is 0 Å². The highest BCUT2D eigenvalue weighted by Gasteiger charge is 2.13. The van der Waals surface area contributed by atoms with E-state index in [0.717, 1.165) is 57.4 Å². The largest absolute Gasteiger partial charge is 0.494 e. The molecule has 7 heteroatoms. The number of hydrogen-bond donors (Lipinski definition) is 2. The number of carbonyl (C=O) groups is 1. The van der Waals surface area contributed by atoms with E-state index in [2.05, 4.69) is 10.2 Å². The Labute approximate surface area is 196 Å². The van der Waals surface area contributed by atoms with Crippen LogP contribution in [0.25, 0.3) is 33.1 Å². The van der Waals surface area contributed by atoms with E-state index in [0.29, 0.717) is 13.2 Å². The normalized spacial score (nSPS) is 11.2. The van der Waals surface area contributed by atoms with Crippen molar-refractivity contribution >= 4 is 27.8 Å². The number of nitrogens with one attached hydrogen (secondary N) is 1. The van der Waals surface area contributed by atoms with Crippen LogP contribution in [0.3, 0.4) is 0 Å². The molecule has 172 valence electrons. The number of carboxylic acids is 1. The summed E-state index contributed by atoms with van der Waals surface area (Å²) in [5, 5.41) is 18.5. The van der Waals surface area contributed by atoms with Gasteiger partial charge >= 0.3 is 5.97 Å². The molecule has 0 fully saturated rings. The Morgan fingerprint density at radius 3 is 2.47 bits per heavy atom. The van der Waals surface area contributed by atoms with Crippen LogP contribution in [0, 0.1) is 0 Å². The maximum Gasteiger partial charge on any atom is 0.323 e. The van der Waals surface area contributed by atoms with Gasteiger partial charge in [-0.25, -0.2) is 0 Å². The summed E-state index contributed by atoms with van der Waals surface area (Å²) in [5.74, 6) is 0.668. The van der Waals surface area contributed by atoms with Crippen molar-refractivity contribution in [2.24, 2.45) is 0 Å². The molecule has 7 nitrogen and oxygen atoms in total. The first-order valence-corrected chi connectivity index (χ1v) is 11.3. The van der Waals surface area contributed by atoms with E-state index >= 15 is 0 Å². The number of para-hydroxylation sites is 2. The molecule has 0 atom stereocenters. The molecule has 2 aromatic heterocycles. The Hall–Kier alpha value is -4.26. The second kappa shape index (κ2) is 9.70. The highest BCUT2D eigenvalue weighted by atomic mass is 16.5. The summed E-state index contributed by atoms with van der Waals surface area (Å²) in [4.78, 5) is 11.4. The van der Waals surface area contributed by atoms with E-state index in [9.17, 15) is 9.90 Å². The summed E-state index contributed by atoms with van der Waals surface area (Å²) < 4.78 is 13.8. The van der Waals surface area contributed by atoms with Gasteiger partial charge in [0.1, 0.15) is 18.0 Å². The van der Waals surface area contributed by atoms with Crippen LogP contribution in [0.2, 0.25) is 0 Å². The van der Waals surface area contributed by atoms with Gasteiger partial charge in [-0.3, -0.25) is 9.89 Å². The minimum absolute atomic E-state index is 0.0927. The summed E-state index contributed by atoms with van der Waals surface area (Å²) in [6, 6.07) is 23.5. The highest BCUT2D eigenvalue weighted by Crippen LogP contribution is 2.32. The molecule has 0 unspecified atom stereocenters. The third-order valence-corrected chi connectivity index (χ3v) is 5.77. The van der Waals surface area contributed by atoms with Crippen LogP contribution in [0.1, 0.15) is 12.8 Å². The molecule has 0 saturated heterocycles. The number of H-pyrrole nitrogens is 1. The first kappa shape index (κ1) is 21.6. The van der Waals surface area contributed by atoms with Crippen LogP contribution in [-0.2, 0) is 11.3 Å². The molecular formula is C27H25N3O4. The lowest BCUT2D eigenvalue weighted by atomic mass is 10.1. The summed E-state index contributed by atoms with van der Waals surface area (Å²) in [7, 11) is 0. The number of fused-ring (bicyclic) bond motifs is 3. The van der Waals surface area contributed by atoms with E-state index in [1.165, 1.54) is 0 Å². The van der Waals surface area contributed by atoms with Crippen LogP contribution in [0.4, 0.5) is 0 Å². The molecule has 5 rings (SSSR count). The van der Waals surface area contributed by atoms with E-state index in [-0.39, 0.29) is 6.54 Å². The van der Waals surface area contributed by atoms with Gasteiger partial charge in [-0.05, 0) is 49.2 Å². The fourth-order valence-electron chi connectivity index (χ4n) is 4.22. The van der Waals surface area contributed by atoms with Gasteiger partial charge in [0.25, 0.3) is 0 Å². The number of rotatable bonds is 10. The summed E-state index contributed by atoms with van der Waals surface area (Å²) in [6.45, 7) is 1.04. The maximum atomic E-state index is 11.4. The number of unbranched alkanes of at least 4 members (excludes halogenated alkanes) is 1. The van der Waals surface area contributed by atoms with Crippen molar-refractivity contribution in [3.05, 3.63) is 79.0 Å². The molecule has 34 heavy (non-hydrogen) atoms. The molecule has 0 aliphatic heterocycles. The SMILES string of the molecule is O=C(O)Cn1c2ccccc2c2ccc(OCCCCOc3ccccc3-c3cc[nH]n3)cc21. The lowest BCUT2D eigenvalue weighted by molar-refractivity contribution is -0.137. The fourth-order valence-corrected chi connectivity index (χ4v) is 4.22. The van der Waals surface area contributed by atoms with Crippen LogP contribution in [0.15, 0.2) is 79.0 Å². The number of nitrogens with zero attached hydrogens (tertiary/aromatic N) is 2. The minimum atomic E-state index is -0.872. The highest BCUT2D eigenvalue weighted by molar-refractivity contribution is 6.08. The third-order valence-electron chi connectivity index (χ3n) is 5.77. The van der Waals surface area contributed by atoms with Crippen LogP contribution >= 0.6 is 0 Å². The van der Waals surface area contributed by atoms with Crippen molar-refractivity contribution in [1.29, 1.82) is 0 Å². The molecule has 2 heterocycles. The average molecular weight is 456 g/mol.